The van der Waals surface area contributed by atoms with E-state index >= 15 is 0 Å². The van der Waals surface area contributed by atoms with Crippen LogP contribution in [0.1, 0.15) is 37.3 Å². The van der Waals surface area contributed by atoms with Crippen LogP contribution in [-0.2, 0) is 0 Å². The van der Waals surface area contributed by atoms with Crippen molar-refractivity contribution in [3.63, 3.8) is 0 Å². The zero-order valence-corrected chi connectivity index (χ0v) is 8.92. The molecule has 0 spiro atoms. The summed E-state index contributed by atoms with van der Waals surface area (Å²) in [6.45, 7) is 0. The quantitative estimate of drug-likeness (QED) is 0.816. The fourth-order valence-corrected chi connectivity index (χ4v) is 2.39. The maximum atomic E-state index is 13.2. The molecule has 2 nitrogen and oxygen atoms in total. The molecule has 88 valence electrons. The minimum Gasteiger partial charge on any atom is -0.505 e. The third-order valence-corrected chi connectivity index (χ3v) is 3.37. The van der Waals surface area contributed by atoms with Crippen molar-refractivity contribution in [2.45, 2.75) is 31.7 Å². The van der Waals surface area contributed by atoms with Crippen LogP contribution in [0, 0.1) is 17.6 Å². The molecule has 1 aliphatic rings. The average Bonchev–Trinajstić information content (AvgIpc) is 2.79. The lowest BCUT2D eigenvalue weighted by atomic mass is 9.92. The monoisotopic (exact) mass is 227 g/mol. The molecule has 1 saturated carbocycles. The van der Waals surface area contributed by atoms with E-state index in [9.17, 15) is 13.9 Å². The van der Waals surface area contributed by atoms with Crippen molar-refractivity contribution in [3.8, 4) is 5.75 Å². The summed E-state index contributed by atoms with van der Waals surface area (Å²) in [6, 6.07) is 1.98. The maximum Gasteiger partial charge on any atom is 0.200 e. The van der Waals surface area contributed by atoms with E-state index in [1.54, 1.807) is 0 Å². The van der Waals surface area contributed by atoms with Crippen LogP contribution in [0.5, 0.6) is 5.75 Å². The fraction of sp³-hybridized carbons (Fsp3) is 0.500. The molecule has 1 aromatic rings. The highest BCUT2D eigenvalue weighted by atomic mass is 19.2. The Hall–Kier alpha value is -1.16. The Balaban J connectivity index is 2.29. The number of hydrogen-bond acceptors (Lipinski definition) is 2. The van der Waals surface area contributed by atoms with Gasteiger partial charge in [0.25, 0.3) is 0 Å². The van der Waals surface area contributed by atoms with E-state index in [1.165, 1.54) is 6.07 Å². The third kappa shape index (κ3) is 1.89. The van der Waals surface area contributed by atoms with Crippen molar-refractivity contribution in [2.75, 3.05) is 0 Å². The van der Waals surface area contributed by atoms with Gasteiger partial charge in [0.05, 0.1) is 0 Å². The Bertz CT molecular complexity index is 389. The van der Waals surface area contributed by atoms with E-state index in [0.29, 0.717) is 5.56 Å². The minimum absolute atomic E-state index is 0.260. The van der Waals surface area contributed by atoms with Gasteiger partial charge in [-0.3, -0.25) is 0 Å². The van der Waals surface area contributed by atoms with E-state index in [1.807, 2.05) is 0 Å². The van der Waals surface area contributed by atoms with Crippen molar-refractivity contribution in [1.29, 1.82) is 0 Å². The summed E-state index contributed by atoms with van der Waals surface area (Å²) in [7, 11) is 0. The van der Waals surface area contributed by atoms with Crippen LogP contribution in [0.15, 0.2) is 12.1 Å². The molecule has 3 N–H and O–H groups in total. The van der Waals surface area contributed by atoms with Crippen molar-refractivity contribution in [2.24, 2.45) is 11.7 Å². The van der Waals surface area contributed by atoms with Crippen LogP contribution in [0.4, 0.5) is 8.78 Å². The Morgan fingerprint density at radius 1 is 1.25 bits per heavy atom. The second kappa shape index (κ2) is 4.37. The SMILES string of the molecule is N[C@@H](c1ccc(F)c(F)c1O)C1CCCC1. The van der Waals surface area contributed by atoms with Crippen LogP contribution in [0.25, 0.3) is 0 Å². The summed E-state index contributed by atoms with van der Waals surface area (Å²) in [4.78, 5) is 0. The molecule has 0 bridgehead atoms. The highest BCUT2D eigenvalue weighted by molar-refractivity contribution is 5.37. The zero-order valence-electron chi connectivity index (χ0n) is 8.92. The van der Waals surface area contributed by atoms with Gasteiger partial charge in [0.15, 0.2) is 11.6 Å². The van der Waals surface area contributed by atoms with Gasteiger partial charge in [-0.25, -0.2) is 4.39 Å². The van der Waals surface area contributed by atoms with Crippen molar-refractivity contribution in [1.82, 2.24) is 0 Å². The Kier molecular flexibility index (Phi) is 3.10. The average molecular weight is 227 g/mol. The van der Waals surface area contributed by atoms with Gasteiger partial charge in [0.2, 0.25) is 5.82 Å². The number of nitrogens with two attached hydrogens (primary N) is 1. The molecule has 4 heteroatoms. The van der Waals surface area contributed by atoms with Crippen molar-refractivity contribution in [3.05, 3.63) is 29.3 Å². The molecule has 16 heavy (non-hydrogen) atoms. The number of phenols is 1. The first kappa shape index (κ1) is 11.3. The standard InChI is InChI=1S/C12H15F2NO/c13-9-6-5-8(12(16)10(9)14)11(15)7-3-1-2-4-7/h5-7,11,16H,1-4,15H2/t11-/m1/s1. The summed E-state index contributed by atoms with van der Waals surface area (Å²) in [5.41, 5.74) is 6.28. The molecule has 0 amide bonds. The van der Waals surface area contributed by atoms with Gasteiger partial charge in [-0.1, -0.05) is 18.9 Å². The summed E-state index contributed by atoms with van der Waals surface area (Å²) >= 11 is 0. The molecule has 0 aliphatic heterocycles. The van der Waals surface area contributed by atoms with E-state index in [-0.39, 0.29) is 5.92 Å². The molecule has 0 heterocycles. The first-order chi connectivity index (χ1) is 7.61. The van der Waals surface area contributed by atoms with Gasteiger partial charge in [-0.15, -0.1) is 0 Å². The summed E-state index contributed by atoms with van der Waals surface area (Å²) in [5.74, 6) is -2.62. The van der Waals surface area contributed by atoms with Gasteiger partial charge >= 0.3 is 0 Å². The van der Waals surface area contributed by atoms with E-state index in [4.69, 9.17) is 5.73 Å². The number of halogens is 2. The van der Waals surface area contributed by atoms with Gasteiger partial charge in [0, 0.05) is 11.6 Å². The predicted molar refractivity (Wildman–Crippen MR) is 56.9 cm³/mol. The second-order valence-electron chi connectivity index (χ2n) is 4.37. The Labute approximate surface area is 93.1 Å². The summed E-state index contributed by atoms with van der Waals surface area (Å²) < 4.78 is 26.0. The van der Waals surface area contributed by atoms with Crippen LogP contribution < -0.4 is 5.73 Å². The lowest BCUT2D eigenvalue weighted by Crippen LogP contribution is -2.19. The van der Waals surface area contributed by atoms with Crippen LogP contribution in [0.2, 0.25) is 0 Å². The number of aromatic hydroxyl groups is 1. The van der Waals surface area contributed by atoms with Gasteiger partial charge in [0.1, 0.15) is 0 Å². The molecule has 1 aromatic carbocycles. The van der Waals surface area contributed by atoms with E-state index < -0.39 is 23.4 Å². The van der Waals surface area contributed by atoms with E-state index in [0.717, 1.165) is 31.7 Å². The molecular formula is C12H15F2NO. The molecular weight excluding hydrogens is 212 g/mol. The molecule has 0 saturated heterocycles. The van der Waals surface area contributed by atoms with Crippen molar-refractivity contribution < 1.29 is 13.9 Å². The largest absolute Gasteiger partial charge is 0.505 e. The summed E-state index contributed by atoms with van der Waals surface area (Å²) in [6.07, 6.45) is 4.20. The van der Waals surface area contributed by atoms with Crippen LogP contribution >= 0.6 is 0 Å². The highest BCUT2D eigenvalue weighted by Gasteiger charge is 2.26. The smallest absolute Gasteiger partial charge is 0.200 e. The zero-order chi connectivity index (χ0) is 11.7. The predicted octanol–water partition coefficient (Wildman–Crippen LogP) is 2.86. The van der Waals surface area contributed by atoms with Gasteiger partial charge < -0.3 is 10.8 Å². The third-order valence-electron chi connectivity index (χ3n) is 3.37. The van der Waals surface area contributed by atoms with Crippen molar-refractivity contribution >= 4 is 0 Å². The second-order valence-corrected chi connectivity index (χ2v) is 4.37. The molecule has 2 rings (SSSR count). The maximum absolute atomic E-state index is 13.2. The summed E-state index contributed by atoms with van der Waals surface area (Å²) in [5, 5.41) is 9.51. The highest BCUT2D eigenvalue weighted by Crippen LogP contribution is 2.38. The first-order valence-electron chi connectivity index (χ1n) is 5.53. The lowest BCUT2D eigenvalue weighted by Gasteiger charge is -2.20. The number of rotatable bonds is 2. The molecule has 1 aliphatic carbocycles. The molecule has 1 atom stereocenters. The number of hydrogen-bond donors (Lipinski definition) is 2. The van der Waals surface area contributed by atoms with Gasteiger partial charge in [-0.05, 0) is 24.8 Å². The van der Waals surface area contributed by atoms with Crippen LogP contribution in [-0.4, -0.2) is 5.11 Å². The first-order valence-corrected chi connectivity index (χ1v) is 5.53. The Morgan fingerprint density at radius 2 is 1.88 bits per heavy atom. The minimum atomic E-state index is -1.20. The Morgan fingerprint density at radius 3 is 2.50 bits per heavy atom. The molecule has 0 aromatic heterocycles. The topological polar surface area (TPSA) is 46.2 Å². The van der Waals surface area contributed by atoms with Gasteiger partial charge in [-0.2, -0.15) is 4.39 Å². The lowest BCUT2D eigenvalue weighted by molar-refractivity contribution is 0.377. The normalized spacial score (nSPS) is 18.9. The number of phenolic OH excluding ortho intramolecular Hbond substituents is 1. The molecule has 0 unspecified atom stereocenters. The van der Waals surface area contributed by atoms with E-state index in [2.05, 4.69) is 0 Å². The fourth-order valence-electron chi connectivity index (χ4n) is 2.39. The molecule has 1 fully saturated rings. The number of benzene rings is 1. The van der Waals surface area contributed by atoms with Crippen LogP contribution in [0.3, 0.4) is 0 Å². The molecule has 0 radical (unpaired) electrons.